The number of carbonyl (C=O) groups excluding carboxylic acids is 2. The van der Waals surface area contributed by atoms with Gasteiger partial charge in [-0.15, -0.1) is 0 Å². The van der Waals surface area contributed by atoms with Crippen molar-refractivity contribution in [2.45, 2.75) is 6.92 Å². The molecule has 0 fully saturated rings. The van der Waals surface area contributed by atoms with Crippen LogP contribution in [0, 0.1) is 0 Å². The highest BCUT2D eigenvalue weighted by Gasteiger charge is 2.11. The van der Waals surface area contributed by atoms with E-state index in [2.05, 4.69) is 37.0 Å². The first-order chi connectivity index (χ1) is 14.5. The van der Waals surface area contributed by atoms with Crippen molar-refractivity contribution >= 4 is 39.2 Å². The van der Waals surface area contributed by atoms with E-state index in [1.165, 1.54) is 0 Å². The Labute approximate surface area is 182 Å². The maximum Gasteiger partial charge on any atom is 0.271 e. The van der Waals surface area contributed by atoms with Gasteiger partial charge in [-0.2, -0.15) is 10.2 Å². The Morgan fingerprint density at radius 3 is 1.63 bits per heavy atom. The highest BCUT2D eigenvalue weighted by molar-refractivity contribution is 9.10. The molecule has 0 aliphatic carbocycles. The molecule has 0 atom stereocenters. The number of rotatable bonds is 6. The van der Waals surface area contributed by atoms with E-state index >= 15 is 0 Å². The Morgan fingerprint density at radius 2 is 1.13 bits per heavy atom. The molecule has 0 aliphatic heterocycles. The molecule has 0 radical (unpaired) electrons. The third kappa shape index (κ3) is 5.71. The van der Waals surface area contributed by atoms with Crippen LogP contribution in [0.1, 0.15) is 33.2 Å². The molecule has 150 valence electrons. The number of hydrogen-bond donors (Lipinski definition) is 2. The van der Waals surface area contributed by atoms with E-state index in [1.807, 2.05) is 36.4 Å². The highest BCUT2D eigenvalue weighted by Crippen LogP contribution is 2.12. The topological polar surface area (TPSA) is 82.9 Å². The second-order valence-electron chi connectivity index (χ2n) is 6.28. The highest BCUT2D eigenvalue weighted by atomic mass is 79.9. The van der Waals surface area contributed by atoms with Crippen molar-refractivity contribution in [3.05, 3.63) is 106 Å². The second-order valence-corrected chi connectivity index (χ2v) is 7.19. The van der Waals surface area contributed by atoms with E-state index < -0.39 is 0 Å². The minimum absolute atomic E-state index is 0.335. The lowest BCUT2D eigenvalue weighted by molar-refractivity contribution is 0.0946. The predicted molar refractivity (Wildman–Crippen MR) is 122 cm³/mol. The smallest absolute Gasteiger partial charge is 0.267 e. The van der Waals surface area contributed by atoms with Crippen LogP contribution in [-0.2, 0) is 0 Å². The maximum atomic E-state index is 12.4. The van der Waals surface area contributed by atoms with Crippen LogP contribution in [0.3, 0.4) is 0 Å². The summed E-state index contributed by atoms with van der Waals surface area (Å²) in [6.07, 6.45) is 0. The number of nitrogens with one attached hydrogen (secondary N) is 2. The quantitative estimate of drug-likeness (QED) is 0.420. The van der Waals surface area contributed by atoms with Crippen molar-refractivity contribution in [2.75, 3.05) is 0 Å². The molecule has 3 rings (SSSR count). The molecule has 3 aromatic rings. The fourth-order valence-corrected chi connectivity index (χ4v) is 2.83. The molecule has 0 spiro atoms. The van der Waals surface area contributed by atoms with Crippen LogP contribution in [0.4, 0.5) is 0 Å². The zero-order valence-corrected chi connectivity index (χ0v) is 17.8. The van der Waals surface area contributed by atoms with E-state index in [-0.39, 0.29) is 11.8 Å². The van der Waals surface area contributed by atoms with E-state index in [0.29, 0.717) is 22.6 Å². The summed E-state index contributed by atoms with van der Waals surface area (Å²) in [4.78, 5) is 24.6. The Kier molecular flexibility index (Phi) is 7.24. The number of hydrazone groups is 2. The van der Waals surface area contributed by atoms with Crippen molar-refractivity contribution in [1.29, 1.82) is 0 Å². The van der Waals surface area contributed by atoms with E-state index in [0.717, 1.165) is 10.0 Å². The largest absolute Gasteiger partial charge is 0.271 e. The van der Waals surface area contributed by atoms with Crippen molar-refractivity contribution < 1.29 is 9.59 Å². The number of benzene rings is 3. The molecule has 6 nitrogen and oxygen atoms in total. The standard InChI is InChI=1S/C23H19BrN4O2/c1-16(25-27-22(29)18-8-4-2-5-9-18)21(17-12-14-20(24)15-13-17)26-28-23(30)19-10-6-3-7-11-19/h2-15H,1H3,(H,27,29)(H,28,30)/b25-16+,26-21-. The van der Waals surface area contributed by atoms with Gasteiger partial charge in [0, 0.05) is 21.2 Å². The van der Waals surface area contributed by atoms with Gasteiger partial charge in [-0.25, -0.2) is 10.9 Å². The Balaban J connectivity index is 1.84. The summed E-state index contributed by atoms with van der Waals surface area (Å²) in [7, 11) is 0. The van der Waals surface area contributed by atoms with Crippen LogP contribution >= 0.6 is 15.9 Å². The fraction of sp³-hybridized carbons (Fsp3) is 0.0435. The SMILES string of the molecule is CC(=N\NC(=O)c1ccccc1)/C(=N/NC(=O)c1ccccc1)c1ccc(Br)cc1. The minimum Gasteiger partial charge on any atom is -0.267 e. The summed E-state index contributed by atoms with van der Waals surface area (Å²) in [5.41, 5.74) is 7.67. The Bertz CT molecular complexity index is 1080. The minimum atomic E-state index is -0.341. The normalized spacial score (nSPS) is 11.7. The van der Waals surface area contributed by atoms with Crippen LogP contribution in [0.5, 0.6) is 0 Å². The molecule has 30 heavy (non-hydrogen) atoms. The summed E-state index contributed by atoms with van der Waals surface area (Å²) >= 11 is 3.40. The van der Waals surface area contributed by atoms with Gasteiger partial charge in [-0.1, -0.05) is 64.5 Å². The second kappa shape index (κ2) is 10.3. The number of amides is 2. The van der Waals surface area contributed by atoms with Crippen LogP contribution in [-0.4, -0.2) is 23.2 Å². The molecular weight excluding hydrogens is 444 g/mol. The van der Waals surface area contributed by atoms with Gasteiger partial charge < -0.3 is 0 Å². The number of nitrogens with zero attached hydrogens (tertiary/aromatic N) is 2. The Hall–Kier alpha value is -3.58. The lowest BCUT2D eigenvalue weighted by Gasteiger charge is -2.08. The number of hydrogen-bond acceptors (Lipinski definition) is 4. The van der Waals surface area contributed by atoms with E-state index in [1.54, 1.807) is 55.5 Å². The van der Waals surface area contributed by atoms with Gasteiger partial charge in [-0.05, 0) is 43.3 Å². The average molecular weight is 463 g/mol. The monoisotopic (exact) mass is 462 g/mol. The summed E-state index contributed by atoms with van der Waals surface area (Å²) < 4.78 is 0.908. The lowest BCUT2D eigenvalue weighted by atomic mass is 10.1. The molecule has 0 heterocycles. The molecule has 3 aromatic carbocycles. The summed E-state index contributed by atoms with van der Waals surface area (Å²) in [5, 5.41) is 8.44. The maximum absolute atomic E-state index is 12.4. The molecule has 0 aromatic heterocycles. The number of halogens is 1. The van der Waals surface area contributed by atoms with Crippen LogP contribution in [0.25, 0.3) is 0 Å². The first-order valence-corrected chi connectivity index (χ1v) is 9.93. The third-order valence-electron chi connectivity index (χ3n) is 4.13. The summed E-state index contributed by atoms with van der Waals surface area (Å²) in [6, 6.07) is 25.0. The van der Waals surface area contributed by atoms with Crippen molar-refractivity contribution in [3.8, 4) is 0 Å². The van der Waals surface area contributed by atoms with Gasteiger partial charge in [-0.3, -0.25) is 9.59 Å². The molecule has 0 aliphatic rings. The van der Waals surface area contributed by atoms with Gasteiger partial charge in [0.1, 0.15) is 5.71 Å². The van der Waals surface area contributed by atoms with Gasteiger partial charge in [0.15, 0.2) is 0 Å². The van der Waals surface area contributed by atoms with Crippen molar-refractivity contribution in [2.24, 2.45) is 10.2 Å². The zero-order chi connectivity index (χ0) is 21.3. The average Bonchev–Trinajstić information content (AvgIpc) is 2.79. The van der Waals surface area contributed by atoms with Gasteiger partial charge in [0.2, 0.25) is 0 Å². The first kappa shape index (κ1) is 21.1. The molecule has 7 heteroatoms. The van der Waals surface area contributed by atoms with Crippen molar-refractivity contribution in [3.63, 3.8) is 0 Å². The Morgan fingerprint density at radius 1 is 0.667 bits per heavy atom. The zero-order valence-electron chi connectivity index (χ0n) is 16.2. The lowest BCUT2D eigenvalue weighted by Crippen LogP contribution is -2.26. The van der Waals surface area contributed by atoms with Crippen LogP contribution < -0.4 is 10.9 Å². The van der Waals surface area contributed by atoms with Gasteiger partial charge in [0.25, 0.3) is 11.8 Å². The van der Waals surface area contributed by atoms with E-state index in [9.17, 15) is 9.59 Å². The van der Waals surface area contributed by atoms with E-state index in [4.69, 9.17) is 0 Å². The molecule has 2 N–H and O–H groups in total. The summed E-state index contributed by atoms with van der Waals surface area (Å²) in [5.74, 6) is -0.676. The molecule has 0 saturated heterocycles. The van der Waals surface area contributed by atoms with Crippen LogP contribution in [0.15, 0.2) is 99.6 Å². The van der Waals surface area contributed by atoms with Gasteiger partial charge >= 0.3 is 0 Å². The predicted octanol–water partition coefficient (Wildman–Crippen LogP) is 4.39. The van der Waals surface area contributed by atoms with Crippen molar-refractivity contribution in [1.82, 2.24) is 10.9 Å². The number of carbonyl (C=O) groups is 2. The van der Waals surface area contributed by atoms with Crippen LogP contribution in [0.2, 0.25) is 0 Å². The molecule has 0 unspecified atom stereocenters. The van der Waals surface area contributed by atoms with Gasteiger partial charge in [0.05, 0.1) is 5.71 Å². The molecule has 2 amide bonds. The third-order valence-corrected chi connectivity index (χ3v) is 4.66. The fourth-order valence-electron chi connectivity index (χ4n) is 2.56. The molecule has 0 saturated carbocycles. The molecular formula is C23H19BrN4O2. The first-order valence-electron chi connectivity index (χ1n) is 9.13. The molecule has 0 bridgehead atoms. The summed E-state index contributed by atoms with van der Waals surface area (Å²) in [6.45, 7) is 1.71.